The molecular formula is C12H19N3O2S. The standard InChI is InChI=1S/C12H19N3O2S/c1-15-8-10(7-14-15)18-9-4-3-5-12(13,6-9)11(16)17-2/h7-9H,3-6,13H2,1-2H3. The van der Waals surface area contributed by atoms with Crippen LogP contribution in [-0.4, -0.2) is 33.6 Å². The molecule has 2 N–H and O–H groups in total. The average Bonchev–Trinajstić information content (AvgIpc) is 2.73. The molecule has 0 aromatic carbocycles. The fourth-order valence-electron chi connectivity index (χ4n) is 2.40. The summed E-state index contributed by atoms with van der Waals surface area (Å²) < 4.78 is 6.58. The lowest BCUT2D eigenvalue weighted by Gasteiger charge is -2.34. The summed E-state index contributed by atoms with van der Waals surface area (Å²) in [6, 6.07) is 0. The van der Waals surface area contributed by atoms with Gasteiger partial charge in [0.15, 0.2) is 0 Å². The Bertz CT molecular complexity index is 435. The molecule has 2 rings (SSSR count). The van der Waals surface area contributed by atoms with E-state index in [1.807, 2.05) is 19.4 Å². The van der Waals surface area contributed by atoms with E-state index in [1.165, 1.54) is 7.11 Å². The lowest BCUT2D eigenvalue weighted by molar-refractivity contribution is -0.148. The third-order valence-electron chi connectivity index (χ3n) is 3.32. The number of hydrogen-bond acceptors (Lipinski definition) is 5. The minimum absolute atomic E-state index is 0.293. The van der Waals surface area contributed by atoms with Crippen molar-refractivity contribution in [1.29, 1.82) is 0 Å². The molecule has 2 unspecified atom stereocenters. The van der Waals surface area contributed by atoms with Crippen molar-refractivity contribution in [3.05, 3.63) is 12.4 Å². The van der Waals surface area contributed by atoms with Gasteiger partial charge in [0.2, 0.25) is 0 Å². The number of methoxy groups -OCH3 is 1. The SMILES string of the molecule is COC(=O)C1(N)CCCC(Sc2cnn(C)c2)C1. The van der Waals surface area contributed by atoms with Crippen molar-refractivity contribution >= 4 is 17.7 Å². The number of nitrogens with zero attached hydrogens (tertiary/aromatic N) is 2. The molecule has 6 heteroatoms. The van der Waals surface area contributed by atoms with Crippen LogP contribution in [0.2, 0.25) is 0 Å². The Kier molecular flexibility index (Phi) is 3.97. The average molecular weight is 269 g/mol. The van der Waals surface area contributed by atoms with Gasteiger partial charge in [-0.3, -0.25) is 9.48 Å². The Morgan fingerprint density at radius 3 is 3.11 bits per heavy atom. The van der Waals surface area contributed by atoms with Crippen LogP contribution in [0.3, 0.4) is 0 Å². The zero-order valence-corrected chi connectivity index (χ0v) is 11.6. The number of esters is 1. The van der Waals surface area contributed by atoms with Crippen LogP contribution < -0.4 is 5.73 Å². The Morgan fingerprint density at radius 1 is 1.72 bits per heavy atom. The van der Waals surface area contributed by atoms with Crippen LogP contribution in [0.1, 0.15) is 25.7 Å². The zero-order valence-electron chi connectivity index (χ0n) is 10.8. The third kappa shape index (κ3) is 2.87. The van der Waals surface area contributed by atoms with Crippen molar-refractivity contribution in [3.8, 4) is 0 Å². The van der Waals surface area contributed by atoms with Crippen LogP contribution in [0.5, 0.6) is 0 Å². The van der Waals surface area contributed by atoms with Gasteiger partial charge in [0.05, 0.1) is 13.3 Å². The largest absolute Gasteiger partial charge is 0.468 e. The second-order valence-corrected chi connectivity index (χ2v) is 6.21. The fourth-order valence-corrected chi connectivity index (χ4v) is 3.77. The van der Waals surface area contributed by atoms with Crippen molar-refractivity contribution in [2.45, 2.75) is 41.4 Å². The molecule has 1 saturated carbocycles. The number of carbonyl (C=O) groups excluding carboxylic acids is 1. The molecule has 1 aliphatic carbocycles. The normalized spacial score (nSPS) is 28.1. The van der Waals surface area contributed by atoms with Crippen LogP contribution in [0.25, 0.3) is 0 Å². The van der Waals surface area contributed by atoms with Crippen molar-refractivity contribution in [2.24, 2.45) is 12.8 Å². The molecule has 0 bridgehead atoms. The van der Waals surface area contributed by atoms with E-state index in [1.54, 1.807) is 16.4 Å². The quantitative estimate of drug-likeness (QED) is 0.838. The van der Waals surface area contributed by atoms with Gasteiger partial charge in [-0.15, -0.1) is 11.8 Å². The molecule has 0 radical (unpaired) electrons. The molecule has 0 amide bonds. The van der Waals surface area contributed by atoms with Crippen LogP contribution in [0.15, 0.2) is 17.3 Å². The molecule has 0 spiro atoms. The monoisotopic (exact) mass is 269 g/mol. The molecule has 2 atom stereocenters. The van der Waals surface area contributed by atoms with Crippen molar-refractivity contribution in [2.75, 3.05) is 7.11 Å². The lowest BCUT2D eigenvalue weighted by Crippen LogP contribution is -2.52. The van der Waals surface area contributed by atoms with E-state index in [4.69, 9.17) is 10.5 Å². The van der Waals surface area contributed by atoms with E-state index in [-0.39, 0.29) is 5.97 Å². The first kappa shape index (κ1) is 13.4. The fraction of sp³-hybridized carbons (Fsp3) is 0.667. The summed E-state index contributed by atoms with van der Waals surface area (Å²) in [6.45, 7) is 0. The first-order valence-electron chi connectivity index (χ1n) is 6.06. The number of ether oxygens (including phenoxy) is 1. The Morgan fingerprint density at radius 2 is 2.50 bits per heavy atom. The maximum Gasteiger partial charge on any atom is 0.325 e. The molecule has 1 fully saturated rings. The Hall–Kier alpha value is -1.01. The molecule has 1 aromatic rings. The smallest absolute Gasteiger partial charge is 0.325 e. The van der Waals surface area contributed by atoms with Gasteiger partial charge in [0.1, 0.15) is 5.54 Å². The van der Waals surface area contributed by atoms with Gasteiger partial charge in [-0.25, -0.2) is 0 Å². The van der Waals surface area contributed by atoms with E-state index in [0.29, 0.717) is 18.1 Å². The van der Waals surface area contributed by atoms with E-state index in [9.17, 15) is 4.79 Å². The van der Waals surface area contributed by atoms with Crippen LogP contribution in [0, 0.1) is 0 Å². The summed E-state index contributed by atoms with van der Waals surface area (Å²) in [4.78, 5) is 12.8. The molecule has 100 valence electrons. The Labute approximate surface area is 111 Å². The van der Waals surface area contributed by atoms with Gasteiger partial charge < -0.3 is 10.5 Å². The number of aromatic nitrogens is 2. The van der Waals surface area contributed by atoms with E-state index < -0.39 is 5.54 Å². The van der Waals surface area contributed by atoms with Crippen molar-refractivity contribution in [1.82, 2.24) is 9.78 Å². The molecule has 5 nitrogen and oxygen atoms in total. The molecule has 1 heterocycles. The number of nitrogens with two attached hydrogens (primary N) is 1. The molecule has 1 aromatic heterocycles. The first-order valence-corrected chi connectivity index (χ1v) is 6.94. The van der Waals surface area contributed by atoms with Gasteiger partial charge in [-0.2, -0.15) is 5.10 Å². The number of aryl methyl sites for hydroxylation is 1. The Balaban J connectivity index is 2.00. The number of hydrogen-bond donors (Lipinski definition) is 1. The van der Waals surface area contributed by atoms with Crippen LogP contribution in [-0.2, 0) is 16.6 Å². The third-order valence-corrected chi connectivity index (χ3v) is 4.54. The second kappa shape index (κ2) is 5.32. The van der Waals surface area contributed by atoms with Gasteiger partial charge in [0.25, 0.3) is 0 Å². The summed E-state index contributed by atoms with van der Waals surface area (Å²) in [5.41, 5.74) is 5.34. The van der Waals surface area contributed by atoms with Crippen LogP contribution >= 0.6 is 11.8 Å². The van der Waals surface area contributed by atoms with Gasteiger partial charge in [-0.1, -0.05) is 0 Å². The molecular weight excluding hydrogens is 250 g/mol. The number of carbonyl (C=O) groups is 1. The second-order valence-electron chi connectivity index (χ2n) is 4.83. The van der Waals surface area contributed by atoms with Gasteiger partial charge in [0, 0.05) is 23.4 Å². The van der Waals surface area contributed by atoms with E-state index in [2.05, 4.69) is 5.10 Å². The number of rotatable bonds is 3. The van der Waals surface area contributed by atoms with Crippen molar-refractivity contribution in [3.63, 3.8) is 0 Å². The highest BCUT2D eigenvalue weighted by molar-refractivity contribution is 8.00. The molecule has 1 aliphatic rings. The first-order chi connectivity index (χ1) is 8.53. The maximum atomic E-state index is 11.7. The van der Waals surface area contributed by atoms with E-state index >= 15 is 0 Å². The van der Waals surface area contributed by atoms with E-state index in [0.717, 1.165) is 17.7 Å². The summed E-state index contributed by atoms with van der Waals surface area (Å²) in [6.07, 6.45) is 7.24. The molecule has 18 heavy (non-hydrogen) atoms. The maximum absolute atomic E-state index is 11.7. The molecule has 0 saturated heterocycles. The van der Waals surface area contributed by atoms with Gasteiger partial charge >= 0.3 is 5.97 Å². The topological polar surface area (TPSA) is 70.1 Å². The number of thioether (sulfide) groups is 1. The summed E-state index contributed by atoms with van der Waals surface area (Å²) in [5.74, 6) is -0.293. The minimum Gasteiger partial charge on any atom is -0.468 e. The summed E-state index contributed by atoms with van der Waals surface area (Å²) in [5, 5.41) is 4.50. The highest BCUT2D eigenvalue weighted by Crippen LogP contribution is 2.37. The molecule has 0 aliphatic heterocycles. The minimum atomic E-state index is -0.813. The summed E-state index contributed by atoms with van der Waals surface area (Å²) >= 11 is 1.74. The van der Waals surface area contributed by atoms with Gasteiger partial charge in [-0.05, 0) is 25.7 Å². The summed E-state index contributed by atoms with van der Waals surface area (Å²) in [7, 11) is 3.29. The predicted molar refractivity (Wildman–Crippen MR) is 70.3 cm³/mol. The highest BCUT2D eigenvalue weighted by atomic mass is 32.2. The predicted octanol–water partition coefficient (Wildman–Crippen LogP) is 1.33. The highest BCUT2D eigenvalue weighted by Gasteiger charge is 2.40. The zero-order chi connectivity index (χ0) is 13.2. The van der Waals surface area contributed by atoms with Crippen LogP contribution in [0.4, 0.5) is 0 Å². The lowest BCUT2D eigenvalue weighted by atomic mass is 9.82. The van der Waals surface area contributed by atoms with Crippen molar-refractivity contribution < 1.29 is 9.53 Å².